The zero-order chi connectivity index (χ0) is 19.2. The minimum atomic E-state index is 0.0583. The second-order valence-electron chi connectivity index (χ2n) is 6.67. The number of hydrogen-bond acceptors (Lipinski definition) is 5. The Bertz CT molecular complexity index is 875. The van der Waals surface area contributed by atoms with Crippen LogP contribution in [-0.4, -0.2) is 68.7 Å². The molecule has 0 bridgehead atoms. The molecule has 3 heterocycles. The van der Waals surface area contributed by atoms with Crippen molar-refractivity contribution < 1.29 is 4.79 Å². The number of carbonyl (C=O) groups excluding carboxylic acids is 1. The Morgan fingerprint density at radius 2 is 1.86 bits per heavy atom. The number of carbonyl (C=O) groups is 1. The molecule has 28 heavy (non-hydrogen) atoms. The lowest BCUT2D eigenvalue weighted by Gasteiger charge is -2.34. The van der Waals surface area contributed by atoms with Gasteiger partial charge in [0.05, 0.1) is 5.56 Å². The molecular formula is C21H23N5OS. The molecule has 6 nitrogen and oxygen atoms in total. The van der Waals surface area contributed by atoms with Crippen LogP contribution in [-0.2, 0) is 0 Å². The van der Waals surface area contributed by atoms with Gasteiger partial charge in [-0.05, 0) is 24.3 Å². The Morgan fingerprint density at radius 1 is 1.04 bits per heavy atom. The van der Waals surface area contributed by atoms with E-state index in [2.05, 4.69) is 39.1 Å². The van der Waals surface area contributed by atoms with E-state index in [1.807, 2.05) is 45.6 Å². The van der Waals surface area contributed by atoms with Crippen LogP contribution >= 0.6 is 11.8 Å². The van der Waals surface area contributed by atoms with Crippen LogP contribution in [0.3, 0.4) is 0 Å². The largest absolute Gasteiger partial charge is 0.336 e. The minimum Gasteiger partial charge on any atom is -0.336 e. The van der Waals surface area contributed by atoms with Crippen LogP contribution in [0.25, 0.3) is 5.82 Å². The zero-order valence-corrected chi connectivity index (χ0v) is 16.5. The molecule has 0 aliphatic carbocycles. The third-order valence-electron chi connectivity index (χ3n) is 4.84. The number of hydrogen-bond donors (Lipinski definition) is 0. The number of imidazole rings is 1. The van der Waals surface area contributed by atoms with Gasteiger partial charge < -0.3 is 4.90 Å². The molecule has 0 unspecified atom stereocenters. The molecule has 1 aromatic carbocycles. The molecule has 0 spiro atoms. The molecule has 0 N–H and O–H groups in total. The maximum atomic E-state index is 12.7. The molecule has 1 fully saturated rings. The predicted octanol–water partition coefficient (Wildman–Crippen LogP) is 2.82. The fourth-order valence-corrected chi connectivity index (χ4v) is 4.16. The molecule has 144 valence electrons. The van der Waals surface area contributed by atoms with Crippen molar-refractivity contribution in [3.05, 3.63) is 72.9 Å². The molecule has 0 radical (unpaired) electrons. The zero-order valence-electron chi connectivity index (χ0n) is 15.6. The molecule has 0 saturated carbocycles. The van der Waals surface area contributed by atoms with Gasteiger partial charge in [-0.15, -0.1) is 11.8 Å². The van der Waals surface area contributed by atoms with Crippen LogP contribution in [0.4, 0.5) is 0 Å². The van der Waals surface area contributed by atoms with E-state index in [-0.39, 0.29) is 5.91 Å². The van der Waals surface area contributed by atoms with E-state index in [9.17, 15) is 4.79 Å². The average molecular weight is 394 g/mol. The van der Waals surface area contributed by atoms with Gasteiger partial charge in [-0.25, -0.2) is 9.97 Å². The first-order chi connectivity index (χ1) is 13.8. The van der Waals surface area contributed by atoms with Crippen molar-refractivity contribution in [2.24, 2.45) is 0 Å². The number of pyridine rings is 1. The lowest BCUT2D eigenvalue weighted by Crippen LogP contribution is -2.49. The number of nitrogens with zero attached hydrogens (tertiary/aromatic N) is 5. The molecular weight excluding hydrogens is 370 g/mol. The van der Waals surface area contributed by atoms with E-state index >= 15 is 0 Å². The lowest BCUT2D eigenvalue weighted by atomic mass is 10.2. The summed E-state index contributed by atoms with van der Waals surface area (Å²) in [7, 11) is 0. The van der Waals surface area contributed by atoms with Crippen LogP contribution in [0.2, 0.25) is 0 Å². The first kappa shape index (κ1) is 18.7. The number of aromatic nitrogens is 3. The molecule has 7 heteroatoms. The third kappa shape index (κ3) is 4.61. The van der Waals surface area contributed by atoms with Gasteiger partial charge in [0.2, 0.25) is 0 Å². The van der Waals surface area contributed by atoms with E-state index < -0.39 is 0 Å². The fraction of sp³-hybridized carbons (Fsp3) is 0.286. The highest BCUT2D eigenvalue weighted by Gasteiger charge is 2.22. The summed E-state index contributed by atoms with van der Waals surface area (Å²) in [5.41, 5.74) is 0.636. The van der Waals surface area contributed by atoms with Gasteiger partial charge in [-0.1, -0.05) is 18.2 Å². The SMILES string of the molecule is O=C(c1ccc(-n2ccnc2)nc1)N1CCN(CCSc2ccccc2)CC1. The normalized spacial score (nSPS) is 14.9. The summed E-state index contributed by atoms with van der Waals surface area (Å²) < 4.78 is 1.82. The number of piperazine rings is 1. The molecule has 1 amide bonds. The summed E-state index contributed by atoms with van der Waals surface area (Å²) >= 11 is 1.88. The van der Waals surface area contributed by atoms with Crippen molar-refractivity contribution >= 4 is 17.7 Å². The van der Waals surface area contributed by atoms with Crippen molar-refractivity contribution in [1.82, 2.24) is 24.3 Å². The summed E-state index contributed by atoms with van der Waals surface area (Å²) in [6.07, 6.45) is 6.89. The molecule has 1 aliphatic heterocycles. The topological polar surface area (TPSA) is 54.3 Å². The second-order valence-corrected chi connectivity index (χ2v) is 7.84. The molecule has 1 saturated heterocycles. The second kappa shape index (κ2) is 9.03. The van der Waals surface area contributed by atoms with Crippen molar-refractivity contribution in [2.45, 2.75) is 4.90 Å². The summed E-state index contributed by atoms with van der Waals surface area (Å²) in [5, 5.41) is 0. The van der Waals surface area contributed by atoms with Crippen LogP contribution in [0.5, 0.6) is 0 Å². The molecule has 3 aromatic rings. The Morgan fingerprint density at radius 3 is 2.54 bits per heavy atom. The summed E-state index contributed by atoms with van der Waals surface area (Å²) in [6, 6.07) is 14.2. The maximum Gasteiger partial charge on any atom is 0.255 e. The Balaban J connectivity index is 1.24. The van der Waals surface area contributed by atoms with Gasteiger partial charge in [0.1, 0.15) is 12.1 Å². The summed E-state index contributed by atoms with van der Waals surface area (Å²) in [6.45, 7) is 4.41. The lowest BCUT2D eigenvalue weighted by molar-refractivity contribution is 0.0644. The first-order valence-corrected chi connectivity index (χ1v) is 10.4. The molecule has 2 aromatic heterocycles. The molecule has 4 rings (SSSR count). The van der Waals surface area contributed by atoms with Crippen molar-refractivity contribution in [3.63, 3.8) is 0 Å². The number of amides is 1. The monoisotopic (exact) mass is 393 g/mol. The Labute approximate surface area is 169 Å². The van der Waals surface area contributed by atoms with Crippen LogP contribution in [0, 0.1) is 0 Å². The Hall–Kier alpha value is -2.64. The van der Waals surface area contributed by atoms with E-state index in [1.54, 1.807) is 18.7 Å². The first-order valence-electron chi connectivity index (χ1n) is 9.43. The number of rotatable bonds is 6. The van der Waals surface area contributed by atoms with E-state index in [0.29, 0.717) is 5.56 Å². The number of benzene rings is 1. The summed E-state index contributed by atoms with van der Waals surface area (Å²) in [4.78, 5) is 26.8. The quantitative estimate of drug-likeness (QED) is 0.603. The molecule has 1 aliphatic rings. The Kier molecular flexibility index (Phi) is 6.04. The predicted molar refractivity (Wildman–Crippen MR) is 111 cm³/mol. The number of thioether (sulfide) groups is 1. The maximum absolute atomic E-state index is 12.7. The average Bonchev–Trinajstić information content (AvgIpc) is 3.30. The highest BCUT2D eigenvalue weighted by Crippen LogP contribution is 2.17. The van der Waals surface area contributed by atoms with Gasteiger partial charge in [0.15, 0.2) is 0 Å². The van der Waals surface area contributed by atoms with Gasteiger partial charge in [0, 0.05) is 62.0 Å². The molecule has 0 atom stereocenters. The van der Waals surface area contributed by atoms with E-state index in [4.69, 9.17) is 0 Å². The smallest absolute Gasteiger partial charge is 0.255 e. The van der Waals surface area contributed by atoms with Crippen molar-refractivity contribution in [1.29, 1.82) is 0 Å². The highest BCUT2D eigenvalue weighted by molar-refractivity contribution is 7.99. The van der Waals surface area contributed by atoms with Gasteiger partial charge in [-0.3, -0.25) is 14.3 Å². The highest BCUT2D eigenvalue weighted by atomic mass is 32.2. The van der Waals surface area contributed by atoms with Crippen LogP contribution in [0.15, 0.2) is 72.3 Å². The van der Waals surface area contributed by atoms with Crippen molar-refractivity contribution in [2.75, 3.05) is 38.5 Å². The van der Waals surface area contributed by atoms with E-state index in [0.717, 1.165) is 44.3 Å². The third-order valence-corrected chi connectivity index (χ3v) is 5.83. The van der Waals surface area contributed by atoms with Gasteiger partial charge >= 0.3 is 0 Å². The van der Waals surface area contributed by atoms with Crippen LogP contribution < -0.4 is 0 Å². The fourth-order valence-electron chi connectivity index (χ4n) is 3.23. The summed E-state index contributed by atoms with van der Waals surface area (Å²) in [5.74, 6) is 1.88. The standard InChI is InChI=1S/C21H23N5OS/c27-21(18-6-7-20(23-16-18)26-9-8-22-17-26)25-12-10-24(11-13-25)14-15-28-19-4-2-1-3-5-19/h1-9,16-17H,10-15H2. The minimum absolute atomic E-state index is 0.0583. The van der Waals surface area contributed by atoms with Crippen LogP contribution in [0.1, 0.15) is 10.4 Å². The van der Waals surface area contributed by atoms with Gasteiger partial charge in [0.25, 0.3) is 5.91 Å². The van der Waals surface area contributed by atoms with Crippen molar-refractivity contribution in [3.8, 4) is 5.82 Å². The van der Waals surface area contributed by atoms with Gasteiger partial charge in [-0.2, -0.15) is 0 Å². The van der Waals surface area contributed by atoms with E-state index in [1.165, 1.54) is 4.90 Å².